The summed E-state index contributed by atoms with van der Waals surface area (Å²) in [5, 5.41) is 57.3. The summed E-state index contributed by atoms with van der Waals surface area (Å²) >= 11 is 0. The lowest BCUT2D eigenvalue weighted by molar-refractivity contribution is -0.343. The highest BCUT2D eigenvalue weighted by atomic mass is 16.7. The van der Waals surface area contributed by atoms with Crippen LogP contribution in [0, 0.1) is 23.7 Å². The first-order valence-corrected chi connectivity index (χ1v) is 23.4. The summed E-state index contributed by atoms with van der Waals surface area (Å²) in [7, 11) is 1.53. The quantitative estimate of drug-likeness (QED) is 0.177. The molecule has 15 heteroatoms. The van der Waals surface area contributed by atoms with E-state index in [-0.39, 0.29) is 43.6 Å². The Hall–Kier alpha value is -2.35. The molecule has 0 amide bonds. The monoisotopic (exact) mass is 903 g/mol. The zero-order valence-electron chi connectivity index (χ0n) is 39.2. The van der Waals surface area contributed by atoms with E-state index < -0.39 is 115 Å². The Balaban J connectivity index is 1.19. The molecular weight excluding hydrogens is 829 g/mol. The Labute approximate surface area is 378 Å². The van der Waals surface area contributed by atoms with Gasteiger partial charge in [0.05, 0.1) is 55.4 Å². The fourth-order valence-corrected chi connectivity index (χ4v) is 11.0. The molecule has 1 spiro atoms. The molecule has 15 nitrogen and oxygen atoms in total. The number of allylic oxidation sites excluding steroid dienone is 3. The van der Waals surface area contributed by atoms with Crippen LogP contribution in [0.25, 0.3) is 0 Å². The van der Waals surface area contributed by atoms with Crippen molar-refractivity contribution in [3.8, 4) is 0 Å². The molecule has 360 valence electrons. The lowest BCUT2D eigenvalue weighted by Crippen LogP contribution is -2.59. The van der Waals surface area contributed by atoms with Crippen LogP contribution in [0.5, 0.6) is 0 Å². The van der Waals surface area contributed by atoms with Crippen molar-refractivity contribution in [1.29, 1.82) is 0 Å². The Morgan fingerprint density at radius 1 is 0.906 bits per heavy atom. The van der Waals surface area contributed by atoms with Crippen LogP contribution in [0.3, 0.4) is 0 Å². The van der Waals surface area contributed by atoms with Crippen molar-refractivity contribution in [3.05, 3.63) is 58.7 Å². The number of aliphatic hydroxyl groups is 5. The summed E-state index contributed by atoms with van der Waals surface area (Å²) in [6.45, 7) is 17.4. The minimum atomic E-state index is -1.89. The first kappa shape index (κ1) is 49.6. The third-order valence-electron chi connectivity index (χ3n) is 14.5. The van der Waals surface area contributed by atoms with Crippen molar-refractivity contribution in [2.45, 2.75) is 204 Å². The van der Waals surface area contributed by atoms with Gasteiger partial charge in [0.15, 0.2) is 18.4 Å². The van der Waals surface area contributed by atoms with E-state index in [1.807, 2.05) is 40.7 Å². The summed E-state index contributed by atoms with van der Waals surface area (Å²) < 4.78 is 57.0. The molecule has 0 radical (unpaired) electrons. The van der Waals surface area contributed by atoms with Gasteiger partial charge in [0.2, 0.25) is 0 Å². The molecule has 5 saturated heterocycles. The predicted octanol–water partition coefficient (Wildman–Crippen LogP) is 4.47. The number of methoxy groups -OCH3 is 1. The number of ether oxygens (including phenoxy) is 9. The standard InChI is InChI=1S/C49H74O15/c1-24(2)16-28(6)44-29(7)37(51)22-48(64-44)21-34-18-33(63-48)15-14-26(4)43(61-39-19-36(50)45(31(9)59-39)62-40-20-38(56-10)42(53)30(8)58-40)25(3)12-11-13-32-23-57-46-41(52)27(5)17-35(47(54)60-34)49(32,46)55/h11-14,16-17,24-25,29-31,33-46,50-53,55H,15,18-23H2,1-10H3/b12-11+,26-14+,28-16+,32-13+/t25-,29-,30-,31-,33+,34-,35-,36-,37-,38-,39-,40-,41+,42-,43-,44+,45-,46+,48-,49+/m0/s1. The number of aliphatic hydroxyl groups excluding tert-OH is 4. The molecule has 0 saturated carbocycles. The largest absolute Gasteiger partial charge is 0.462 e. The van der Waals surface area contributed by atoms with Crippen molar-refractivity contribution < 1.29 is 73.0 Å². The average molecular weight is 903 g/mol. The summed E-state index contributed by atoms with van der Waals surface area (Å²) in [6, 6.07) is 0. The normalized spacial score (nSPS) is 49.3. The summed E-state index contributed by atoms with van der Waals surface area (Å²) in [4.78, 5) is 14.4. The first-order chi connectivity index (χ1) is 30.2. The van der Waals surface area contributed by atoms with Gasteiger partial charge in [0.1, 0.15) is 42.0 Å². The molecule has 7 aliphatic rings. The smallest absolute Gasteiger partial charge is 0.316 e. The van der Waals surface area contributed by atoms with Gasteiger partial charge in [-0.15, -0.1) is 0 Å². The number of hydrogen-bond acceptors (Lipinski definition) is 15. The number of esters is 1. The Bertz CT molecular complexity index is 1800. The Morgan fingerprint density at radius 3 is 2.33 bits per heavy atom. The molecule has 0 aromatic heterocycles. The molecule has 5 fully saturated rings. The molecule has 5 N–H and O–H groups in total. The van der Waals surface area contributed by atoms with Crippen molar-refractivity contribution in [3.63, 3.8) is 0 Å². The van der Waals surface area contributed by atoms with Gasteiger partial charge in [-0.3, -0.25) is 4.79 Å². The lowest BCUT2D eigenvalue weighted by atomic mass is 9.71. The number of fused-ring (bicyclic) bond motifs is 2. The van der Waals surface area contributed by atoms with E-state index in [2.05, 4.69) is 26.0 Å². The van der Waals surface area contributed by atoms with Crippen LogP contribution < -0.4 is 0 Å². The first-order valence-electron chi connectivity index (χ1n) is 23.4. The zero-order chi connectivity index (χ0) is 46.4. The van der Waals surface area contributed by atoms with E-state index in [4.69, 9.17) is 42.6 Å². The van der Waals surface area contributed by atoms with Crippen LogP contribution in [0.15, 0.2) is 58.7 Å². The average Bonchev–Trinajstić information content (AvgIpc) is 3.56. The third-order valence-corrected chi connectivity index (χ3v) is 14.5. The van der Waals surface area contributed by atoms with E-state index in [9.17, 15) is 30.3 Å². The molecular formula is C49H74O15. The number of carbonyl (C=O) groups excluding carboxylic acids is 1. The molecule has 0 unspecified atom stereocenters. The van der Waals surface area contributed by atoms with Crippen LogP contribution in [-0.4, -0.2) is 149 Å². The molecule has 2 bridgehead atoms. The van der Waals surface area contributed by atoms with Crippen molar-refractivity contribution in [2.24, 2.45) is 23.7 Å². The molecule has 20 atom stereocenters. The minimum Gasteiger partial charge on any atom is -0.462 e. The molecule has 1 aliphatic carbocycles. The fourth-order valence-electron chi connectivity index (χ4n) is 11.0. The van der Waals surface area contributed by atoms with Gasteiger partial charge in [-0.05, 0) is 69.2 Å². The maximum absolute atomic E-state index is 14.4. The fraction of sp³-hybridized carbons (Fsp3) is 0.776. The molecule has 0 aromatic carbocycles. The van der Waals surface area contributed by atoms with Gasteiger partial charge < -0.3 is 68.2 Å². The highest BCUT2D eigenvalue weighted by Gasteiger charge is 2.60. The van der Waals surface area contributed by atoms with Gasteiger partial charge >= 0.3 is 5.97 Å². The van der Waals surface area contributed by atoms with E-state index >= 15 is 0 Å². The van der Waals surface area contributed by atoms with Gasteiger partial charge in [0, 0.05) is 51.0 Å². The maximum atomic E-state index is 14.4. The van der Waals surface area contributed by atoms with E-state index in [0.29, 0.717) is 30.4 Å². The van der Waals surface area contributed by atoms with Crippen LogP contribution in [-0.2, 0) is 47.4 Å². The maximum Gasteiger partial charge on any atom is 0.316 e. The Morgan fingerprint density at radius 2 is 1.62 bits per heavy atom. The molecule has 7 rings (SSSR count). The number of carbonyl (C=O) groups is 1. The second-order valence-electron chi connectivity index (χ2n) is 20.0. The van der Waals surface area contributed by atoms with Gasteiger partial charge in [-0.2, -0.15) is 0 Å². The van der Waals surface area contributed by atoms with Crippen LogP contribution in [0.2, 0.25) is 0 Å². The highest BCUT2D eigenvalue weighted by molar-refractivity contribution is 5.78. The van der Waals surface area contributed by atoms with Crippen molar-refractivity contribution >= 4 is 5.97 Å². The van der Waals surface area contributed by atoms with E-state index in [1.165, 1.54) is 7.11 Å². The van der Waals surface area contributed by atoms with Crippen molar-refractivity contribution in [2.75, 3.05) is 13.7 Å². The Kier molecular flexibility index (Phi) is 15.6. The van der Waals surface area contributed by atoms with E-state index in [1.54, 1.807) is 32.1 Å². The van der Waals surface area contributed by atoms with Gasteiger partial charge in [-0.1, -0.05) is 64.2 Å². The third kappa shape index (κ3) is 10.2. The van der Waals surface area contributed by atoms with Crippen molar-refractivity contribution in [1.82, 2.24) is 0 Å². The highest BCUT2D eigenvalue weighted by Crippen LogP contribution is 2.48. The van der Waals surface area contributed by atoms with Crippen LogP contribution in [0.4, 0.5) is 0 Å². The SMILES string of the molecule is CO[C@H]1C[C@H](O[C@H]2[C@H](C)O[C@@H](O[C@@H]3/C(C)=C/C[C@@H]4C[C@@H](C[C@]5(C[C@H](O)[C@H](C)[C@@H](/C(C)=C/C(C)C)O5)O4)OC(=O)[C@@H]4C=C(C)[C@@H](O)[C@H]5OC/C(=C\C=C\[C@@H]3C)[C@]54O)C[C@@H]2O)O[C@@H](C)[C@@H]1O. The molecule has 64 heavy (non-hydrogen) atoms. The number of hydrogen-bond donors (Lipinski definition) is 5. The predicted molar refractivity (Wildman–Crippen MR) is 233 cm³/mol. The topological polar surface area (TPSA) is 201 Å². The molecule has 6 heterocycles. The van der Waals surface area contributed by atoms with Gasteiger partial charge in [0.25, 0.3) is 0 Å². The summed E-state index contributed by atoms with van der Waals surface area (Å²) in [5.74, 6) is -3.32. The zero-order valence-corrected chi connectivity index (χ0v) is 39.2. The second kappa shape index (κ2) is 20.1. The van der Waals surface area contributed by atoms with Crippen LogP contribution in [0.1, 0.15) is 101 Å². The van der Waals surface area contributed by atoms with Gasteiger partial charge in [-0.25, -0.2) is 0 Å². The number of rotatable bonds is 7. The minimum absolute atomic E-state index is 0.00977. The summed E-state index contributed by atoms with van der Waals surface area (Å²) in [5.41, 5.74) is 0.892. The second-order valence-corrected chi connectivity index (χ2v) is 20.0. The lowest BCUT2D eigenvalue weighted by Gasteiger charge is -2.51. The molecule has 0 aromatic rings. The molecule has 6 aliphatic heterocycles. The van der Waals surface area contributed by atoms with Crippen LogP contribution >= 0.6 is 0 Å². The van der Waals surface area contributed by atoms with E-state index in [0.717, 1.165) is 11.1 Å². The summed E-state index contributed by atoms with van der Waals surface area (Å²) in [6.07, 6.45) is 1.96.